The lowest BCUT2D eigenvalue weighted by molar-refractivity contribution is 0.0979. The van der Waals surface area contributed by atoms with Gasteiger partial charge < -0.3 is 5.32 Å². The van der Waals surface area contributed by atoms with E-state index < -0.39 is 0 Å². The lowest BCUT2D eigenvalue weighted by atomic mass is 10.0. The first-order valence-corrected chi connectivity index (χ1v) is 9.21. The molecule has 1 amide bonds. The Morgan fingerprint density at radius 2 is 1.92 bits per heavy atom. The number of amides is 1. The topological polar surface area (TPSA) is 54.4 Å². The van der Waals surface area contributed by atoms with Crippen LogP contribution in [-0.2, 0) is 0 Å². The predicted molar refractivity (Wildman–Crippen MR) is 104 cm³/mol. The van der Waals surface area contributed by atoms with Crippen molar-refractivity contribution in [2.75, 3.05) is 12.3 Å². The van der Waals surface area contributed by atoms with E-state index in [4.69, 9.17) is 16.6 Å². The van der Waals surface area contributed by atoms with Crippen molar-refractivity contribution in [2.45, 2.75) is 0 Å². The van der Waals surface area contributed by atoms with Gasteiger partial charge in [0, 0.05) is 21.7 Å². The van der Waals surface area contributed by atoms with Gasteiger partial charge in [-0.05, 0) is 24.3 Å². The second-order valence-corrected chi connectivity index (χ2v) is 7.09. The number of para-hydroxylation sites is 1. The third-order valence-corrected chi connectivity index (χ3v) is 5.05. The van der Waals surface area contributed by atoms with Crippen LogP contribution in [0.4, 0.5) is 0 Å². The molecule has 0 saturated heterocycles. The van der Waals surface area contributed by atoms with Crippen molar-refractivity contribution in [1.29, 1.82) is 0 Å². The van der Waals surface area contributed by atoms with Gasteiger partial charge >= 0.3 is 0 Å². The van der Waals surface area contributed by atoms with Gasteiger partial charge in [0.25, 0.3) is 5.91 Å². The number of aliphatic imine (C=N–C) groups is 1. The van der Waals surface area contributed by atoms with Gasteiger partial charge in [-0.1, -0.05) is 53.7 Å². The Morgan fingerprint density at radius 1 is 1.12 bits per heavy atom. The van der Waals surface area contributed by atoms with E-state index in [1.165, 1.54) is 0 Å². The average Bonchev–Trinajstić information content (AvgIpc) is 3.14. The summed E-state index contributed by atoms with van der Waals surface area (Å²) in [5, 5.41) is 5.07. The molecule has 2 aromatic carbocycles. The van der Waals surface area contributed by atoms with Gasteiger partial charge in [-0.15, -0.1) is 0 Å². The molecule has 3 aromatic rings. The van der Waals surface area contributed by atoms with Crippen LogP contribution in [0.1, 0.15) is 10.4 Å². The molecule has 1 aliphatic rings. The van der Waals surface area contributed by atoms with Crippen LogP contribution in [0.5, 0.6) is 0 Å². The fourth-order valence-corrected chi connectivity index (χ4v) is 3.56. The molecule has 4 nitrogen and oxygen atoms in total. The molecule has 0 radical (unpaired) electrons. The molecule has 0 atom stereocenters. The van der Waals surface area contributed by atoms with Crippen LogP contribution in [0.25, 0.3) is 22.2 Å². The third kappa shape index (κ3) is 3.38. The van der Waals surface area contributed by atoms with Crippen molar-refractivity contribution < 1.29 is 4.79 Å². The SMILES string of the molecule is O=C(NC1=NCCS1)c1cc(-c2ccc(Cl)cc2)nc2ccccc12. The van der Waals surface area contributed by atoms with E-state index in [9.17, 15) is 4.79 Å². The molecule has 0 spiro atoms. The summed E-state index contributed by atoms with van der Waals surface area (Å²) in [5.74, 6) is 0.741. The second kappa shape index (κ2) is 6.86. The molecule has 0 unspecified atom stereocenters. The lowest BCUT2D eigenvalue weighted by Crippen LogP contribution is -2.27. The van der Waals surface area contributed by atoms with Gasteiger partial charge in [0.1, 0.15) is 0 Å². The number of hydrogen-bond acceptors (Lipinski definition) is 4. The van der Waals surface area contributed by atoms with Crippen molar-refractivity contribution in [3.05, 3.63) is 65.2 Å². The maximum Gasteiger partial charge on any atom is 0.257 e. The summed E-state index contributed by atoms with van der Waals surface area (Å²) in [6.07, 6.45) is 0. The van der Waals surface area contributed by atoms with Crippen molar-refractivity contribution >= 4 is 45.3 Å². The summed E-state index contributed by atoms with van der Waals surface area (Å²) in [7, 11) is 0. The molecule has 1 N–H and O–H groups in total. The van der Waals surface area contributed by atoms with Crippen LogP contribution in [0.3, 0.4) is 0 Å². The highest BCUT2D eigenvalue weighted by molar-refractivity contribution is 8.14. The molecule has 25 heavy (non-hydrogen) atoms. The Kier molecular flexibility index (Phi) is 4.42. The minimum atomic E-state index is -0.165. The van der Waals surface area contributed by atoms with E-state index in [1.54, 1.807) is 11.8 Å². The molecule has 4 rings (SSSR count). The maximum atomic E-state index is 12.8. The standard InChI is InChI=1S/C19H14ClN3OS/c20-13-7-5-12(6-8-13)17-11-15(14-3-1-2-4-16(14)22-17)18(24)23-19-21-9-10-25-19/h1-8,11H,9-10H2,(H,21,23,24). The average molecular weight is 368 g/mol. The first-order chi connectivity index (χ1) is 12.2. The fourth-order valence-electron chi connectivity index (χ4n) is 2.71. The van der Waals surface area contributed by atoms with Gasteiger partial charge in [0.15, 0.2) is 5.17 Å². The normalized spacial score (nSPS) is 13.7. The lowest BCUT2D eigenvalue weighted by Gasteiger charge is -2.10. The van der Waals surface area contributed by atoms with Crippen molar-refractivity contribution in [1.82, 2.24) is 10.3 Å². The predicted octanol–water partition coefficient (Wildman–Crippen LogP) is 4.39. The smallest absolute Gasteiger partial charge is 0.257 e. The van der Waals surface area contributed by atoms with Gasteiger partial charge in [-0.3, -0.25) is 9.79 Å². The Morgan fingerprint density at radius 3 is 2.68 bits per heavy atom. The van der Waals surface area contributed by atoms with Gasteiger partial charge in [0.2, 0.25) is 0 Å². The number of nitrogens with one attached hydrogen (secondary N) is 1. The third-order valence-electron chi connectivity index (χ3n) is 3.91. The van der Waals surface area contributed by atoms with E-state index in [0.717, 1.165) is 34.5 Å². The highest BCUT2D eigenvalue weighted by atomic mass is 35.5. The summed E-state index contributed by atoms with van der Waals surface area (Å²) in [5.41, 5.74) is 3.02. The van der Waals surface area contributed by atoms with Crippen molar-refractivity contribution in [3.63, 3.8) is 0 Å². The molecular weight excluding hydrogens is 354 g/mol. The van der Waals surface area contributed by atoms with Crippen LogP contribution in [0, 0.1) is 0 Å². The molecule has 0 saturated carbocycles. The number of amidine groups is 1. The van der Waals surface area contributed by atoms with Crippen LogP contribution < -0.4 is 5.32 Å². The fraction of sp³-hybridized carbons (Fsp3) is 0.105. The van der Waals surface area contributed by atoms with E-state index in [-0.39, 0.29) is 5.91 Å². The Balaban J connectivity index is 1.81. The van der Waals surface area contributed by atoms with Gasteiger partial charge in [-0.2, -0.15) is 0 Å². The summed E-state index contributed by atoms with van der Waals surface area (Å²) < 4.78 is 0. The van der Waals surface area contributed by atoms with E-state index in [2.05, 4.69) is 10.3 Å². The molecular formula is C19H14ClN3OS. The number of pyridine rings is 1. The Hall–Kier alpha value is -2.37. The monoisotopic (exact) mass is 367 g/mol. The van der Waals surface area contributed by atoms with Crippen LogP contribution >= 0.6 is 23.4 Å². The number of carbonyl (C=O) groups is 1. The number of fused-ring (bicyclic) bond motifs is 1. The van der Waals surface area contributed by atoms with Crippen molar-refractivity contribution in [2.24, 2.45) is 4.99 Å². The highest BCUT2D eigenvalue weighted by Gasteiger charge is 2.17. The summed E-state index contributed by atoms with van der Waals surface area (Å²) in [4.78, 5) is 21.8. The van der Waals surface area contributed by atoms with E-state index in [0.29, 0.717) is 15.8 Å². The zero-order chi connectivity index (χ0) is 17.2. The molecule has 0 fully saturated rings. The Labute approximate surface area is 154 Å². The molecule has 6 heteroatoms. The molecule has 2 heterocycles. The number of thioether (sulfide) groups is 1. The van der Waals surface area contributed by atoms with Crippen LogP contribution in [0.15, 0.2) is 59.6 Å². The van der Waals surface area contributed by atoms with Crippen molar-refractivity contribution in [3.8, 4) is 11.3 Å². The first kappa shape index (κ1) is 16.1. The zero-order valence-electron chi connectivity index (χ0n) is 13.2. The number of halogens is 1. The summed E-state index contributed by atoms with van der Waals surface area (Å²) in [6, 6.07) is 16.9. The first-order valence-electron chi connectivity index (χ1n) is 7.85. The molecule has 124 valence electrons. The zero-order valence-corrected chi connectivity index (χ0v) is 14.8. The molecule has 1 aliphatic heterocycles. The highest BCUT2D eigenvalue weighted by Crippen LogP contribution is 2.26. The number of hydrogen-bond donors (Lipinski definition) is 1. The van der Waals surface area contributed by atoms with Gasteiger partial charge in [0.05, 0.1) is 23.3 Å². The number of carbonyl (C=O) groups excluding carboxylic acids is 1. The van der Waals surface area contributed by atoms with Crippen LogP contribution in [-0.4, -0.2) is 28.4 Å². The minimum absolute atomic E-state index is 0.165. The van der Waals surface area contributed by atoms with Crippen LogP contribution in [0.2, 0.25) is 5.02 Å². The Bertz CT molecular complexity index is 986. The summed E-state index contributed by atoms with van der Waals surface area (Å²) in [6.45, 7) is 0.743. The van der Waals surface area contributed by atoms with Gasteiger partial charge in [-0.25, -0.2) is 4.98 Å². The molecule has 0 bridgehead atoms. The van der Waals surface area contributed by atoms with E-state index in [1.807, 2.05) is 54.6 Å². The minimum Gasteiger partial charge on any atom is -0.301 e. The molecule has 0 aliphatic carbocycles. The quantitative estimate of drug-likeness (QED) is 0.730. The summed E-state index contributed by atoms with van der Waals surface area (Å²) >= 11 is 7.53. The largest absolute Gasteiger partial charge is 0.301 e. The number of nitrogens with zero attached hydrogens (tertiary/aromatic N) is 2. The maximum absolute atomic E-state index is 12.8. The number of aromatic nitrogens is 1. The number of rotatable bonds is 2. The van der Waals surface area contributed by atoms with E-state index >= 15 is 0 Å². The molecule has 1 aromatic heterocycles. The second-order valence-electron chi connectivity index (χ2n) is 5.57. The number of benzene rings is 2.